The molecule has 7 nitrogen and oxygen atoms in total. The van der Waals surface area contributed by atoms with Crippen molar-refractivity contribution in [1.29, 1.82) is 0 Å². The fourth-order valence-corrected chi connectivity index (χ4v) is 5.42. The SMILES string of the molecule is COc1ccc(OC)c(/C=c2\sc3n(c2=O)[C@H](c2ccc(F)cc2)C(C(=O)Nc2ccccc2)=C(C)N=3)c1. The molecule has 3 aromatic carbocycles. The standard InChI is InChI=1S/C29H24FN3O4S/c1-17-25(27(34)32-21-7-5-4-6-8-21)26(18-9-11-20(30)12-10-18)33-28(35)24(38-29(33)31-17)16-19-15-22(36-2)13-14-23(19)37-3/h4-16,26H,1-3H3,(H,32,34)/b24-16-/t26-/m1/s1. The van der Waals surface area contributed by atoms with Gasteiger partial charge in [-0.3, -0.25) is 14.2 Å². The summed E-state index contributed by atoms with van der Waals surface area (Å²) >= 11 is 1.20. The van der Waals surface area contributed by atoms with Crippen LogP contribution in [0.2, 0.25) is 0 Å². The summed E-state index contributed by atoms with van der Waals surface area (Å²) in [7, 11) is 3.11. The summed E-state index contributed by atoms with van der Waals surface area (Å²) in [6, 6.07) is 19.3. The number of nitrogens with one attached hydrogen (secondary N) is 1. The van der Waals surface area contributed by atoms with Crippen LogP contribution >= 0.6 is 11.3 Å². The van der Waals surface area contributed by atoms with E-state index < -0.39 is 17.8 Å². The molecule has 0 fully saturated rings. The lowest BCUT2D eigenvalue weighted by molar-refractivity contribution is -0.113. The van der Waals surface area contributed by atoms with Crippen LogP contribution in [0.1, 0.15) is 24.1 Å². The van der Waals surface area contributed by atoms with Crippen molar-refractivity contribution in [3.8, 4) is 11.5 Å². The molecule has 2 heterocycles. The Morgan fingerprint density at radius 3 is 2.47 bits per heavy atom. The van der Waals surface area contributed by atoms with Crippen LogP contribution in [0.3, 0.4) is 0 Å². The number of rotatable bonds is 6. The molecule has 38 heavy (non-hydrogen) atoms. The number of amides is 1. The fraction of sp³-hybridized carbons (Fsp3) is 0.138. The maximum absolute atomic E-state index is 13.8. The highest BCUT2D eigenvalue weighted by atomic mass is 32.1. The van der Waals surface area contributed by atoms with Crippen molar-refractivity contribution in [3.05, 3.63) is 121 Å². The lowest BCUT2D eigenvalue weighted by Gasteiger charge is -2.25. The number of hydrogen-bond donors (Lipinski definition) is 1. The molecule has 1 aromatic heterocycles. The molecule has 1 aliphatic heterocycles. The summed E-state index contributed by atoms with van der Waals surface area (Å²) in [5.74, 6) is 0.383. The molecule has 1 atom stereocenters. The zero-order valence-electron chi connectivity index (χ0n) is 20.9. The fourth-order valence-electron chi connectivity index (χ4n) is 4.39. The van der Waals surface area contributed by atoms with E-state index in [1.807, 2.05) is 18.2 Å². The van der Waals surface area contributed by atoms with E-state index in [1.54, 1.807) is 69.7 Å². The van der Waals surface area contributed by atoms with E-state index >= 15 is 0 Å². The minimum atomic E-state index is -0.801. The predicted octanol–water partition coefficient (Wildman–Crippen LogP) is 4.03. The summed E-state index contributed by atoms with van der Waals surface area (Å²) in [4.78, 5) is 32.5. The maximum Gasteiger partial charge on any atom is 0.271 e. The van der Waals surface area contributed by atoms with Gasteiger partial charge in [0, 0.05) is 11.3 Å². The number of carbonyl (C=O) groups excluding carboxylic acids is 1. The molecule has 0 bridgehead atoms. The van der Waals surface area contributed by atoms with Crippen molar-refractivity contribution in [1.82, 2.24) is 4.57 Å². The Kier molecular flexibility index (Phi) is 6.93. The van der Waals surface area contributed by atoms with Gasteiger partial charge in [-0.25, -0.2) is 9.38 Å². The van der Waals surface area contributed by atoms with Crippen LogP contribution in [-0.4, -0.2) is 24.7 Å². The minimum Gasteiger partial charge on any atom is -0.497 e. The third kappa shape index (κ3) is 4.76. The first-order chi connectivity index (χ1) is 18.4. The summed E-state index contributed by atoms with van der Waals surface area (Å²) in [5, 5.41) is 2.90. The van der Waals surface area contributed by atoms with Crippen LogP contribution in [0.25, 0.3) is 6.08 Å². The Hall–Kier alpha value is -4.50. The van der Waals surface area contributed by atoms with Gasteiger partial charge in [0.15, 0.2) is 4.80 Å². The highest BCUT2D eigenvalue weighted by Crippen LogP contribution is 2.31. The average molecular weight is 530 g/mol. The summed E-state index contributed by atoms with van der Waals surface area (Å²) < 4.78 is 26.5. The third-order valence-corrected chi connectivity index (χ3v) is 7.19. The second kappa shape index (κ2) is 10.5. The van der Waals surface area contributed by atoms with Gasteiger partial charge in [0.05, 0.1) is 36.1 Å². The van der Waals surface area contributed by atoms with Gasteiger partial charge in [0.1, 0.15) is 17.3 Å². The predicted molar refractivity (Wildman–Crippen MR) is 145 cm³/mol. The van der Waals surface area contributed by atoms with Gasteiger partial charge in [0.25, 0.3) is 11.5 Å². The smallest absolute Gasteiger partial charge is 0.271 e. The van der Waals surface area contributed by atoms with Crippen LogP contribution < -0.4 is 29.7 Å². The second-order valence-electron chi connectivity index (χ2n) is 8.56. The highest BCUT2D eigenvalue weighted by molar-refractivity contribution is 7.07. The number of methoxy groups -OCH3 is 2. The largest absolute Gasteiger partial charge is 0.497 e. The Balaban J connectivity index is 1.69. The number of aromatic nitrogens is 1. The van der Waals surface area contributed by atoms with E-state index in [1.165, 1.54) is 28.0 Å². The van der Waals surface area contributed by atoms with Crippen molar-refractivity contribution >= 4 is 29.0 Å². The first-order valence-corrected chi connectivity index (χ1v) is 12.6. The van der Waals surface area contributed by atoms with E-state index in [9.17, 15) is 14.0 Å². The number of hydrogen-bond acceptors (Lipinski definition) is 6. The van der Waals surface area contributed by atoms with E-state index in [0.29, 0.717) is 48.9 Å². The molecular weight excluding hydrogens is 505 g/mol. The number of thiazole rings is 1. The zero-order valence-corrected chi connectivity index (χ0v) is 21.7. The second-order valence-corrected chi connectivity index (χ2v) is 9.57. The number of allylic oxidation sites excluding steroid dienone is 1. The molecule has 4 aromatic rings. The lowest BCUT2D eigenvalue weighted by Crippen LogP contribution is -2.40. The molecule has 0 saturated carbocycles. The van der Waals surface area contributed by atoms with Crippen LogP contribution in [0.5, 0.6) is 11.5 Å². The van der Waals surface area contributed by atoms with Gasteiger partial charge >= 0.3 is 0 Å². The molecular formula is C29H24FN3O4S. The van der Waals surface area contributed by atoms with Crippen LogP contribution in [0.15, 0.2) is 93.9 Å². The molecule has 0 unspecified atom stereocenters. The quantitative estimate of drug-likeness (QED) is 0.409. The molecule has 1 amide bonds. The molecule has 0 saturated heterocycles. The Labute approximate surface area is 221 Å². The van der Waals surface area contributed by atoms with Gasteiger partial charge in [-0.2, -0.15) is 0 Å². The number of anilines is 1. The number of benzene rings is 3. The molecule has 192 valence electrons. The summed E-state index contributed by atoms with van der Waals surface area (Å²) in [5.41, 5.74) is 2.31. The van der Waals surface area contributed by atoms with Crippen molar-refractivity contribution in [2.45, 2.75) is 13.0 Å². The summed E-state index contributed by atoms with van der Waals surface area (Å²) in [6.07, 6.45) is 1.72. The number of nitrogens with zero attached hydrogens (tertiary/aromatic N) is 2. The molecule has 0 aliphatic carbocycles. The summed E-state index contributed by atoms with van der Waals surface area (Å²) in [6.45, 7) is 1.73. The lowest BCUT2D eigenvalue weighted by atomic mass is 9.95. The molecule has 1 aliphatic rings. The zero-order chi connectivity index (χ0) is 26.8. The van der Waals surface area contributed by atoms with Gasteiger partial charge in [-0.15, -0.1) is 0 Å². The molecule has 1 N–H and O–H groups in total. The van der Waals surface area contributed by atoms with Crippen molar-refractivity contribution in [2.75, 3.05) is 19.5 Å². The Morgan fingerprint density at radius 1 is 1.05 bits per heavy atom. The number of halogens is 1. The van der Waals surface area contributed by atoms with Crippen LogP contribution in [0.4, 0.5) is 10.1 Å². The third-order valence-electron chi connectivity index (χ3n) is 6.21. The van der Waals surface area contributed by atoms with E-state index in [-0.39, 0.29) is 5.56 Å². The van der Waals surface area contributed by atoms with Crippen molar-refractivity contribution in [3.63, 3.8) is 0 Å². The van der Waals surface area contributed by atoms with Gasteiger partial charge in [0.2, 0.25) is 0 Å². The van der Waals surface area contributed by atoms with E-state index in [2.05, 4.69) is 10.3 Å². The average Bonchev–Trinajstić information content (AvgIpc) is 3.22. The van der Waals surface area contributed by atoms with Gasteiger partial charge < -0.3 is 14.8 Å². The van der Waals surface area contributed by atoms with Crippen LogP contribution in [0, 0.1) is 5.82 Å². The Bertz CT molecular complexity index is 1720. The molecule has 0 spiro atoms. The Morgan fingerprint density at radius 2 is 1.79 bits per heavy atom. The highest BCUT2D eigenvalue weighted by Gasteiger charge is 2.32. The number of fused-ring (bicyclic) bond motifs is 1. The monoisotopic (exact) mass is 529 g/mol. The molecule has 5 rings (SSSR count). The maximum atomic E-state index is 13.8. The number of carbonyl (C=O) groups is 1. The molecule has 0 radical (unpaired) electrons. The van der Waals surface area contributed by atoms with Gasteiger partial charge in [-0.05, 0) is 61.0 Å². The topological polar surface area (TPSA) is 81.9 Å². The first kappa shape index (κ1) is 25.2. The minimum absolute atomic E-state index is 0.304. The molecule has 9 heteroatoms. The first-order valence-electron chi connectivity index (χ1n) is 11.8. The number of ether oxygens (including phenoxy) is 2. The van der Waals surface area contributed by atoms with Crippen LogP contribution in [-0.2, 0) is 4.79 Å². The van der Waals surface area contributed by atoms with E-state index in [4.69, 9.17) is 9.47 Å². The van der Waals surface area contributed by atoms with E-state index in [0.717, 1.165) is 0 Å². The van der Waals surface area contributed by atoms with Gasteiger partial charge in [-0.1, -0.05) is 41.7 Å². The van der Waals surface area contributed by atoms with Crippen molar-refractivity contribution in [2.24, 2.45) is 4.99 Å². The van der Waals surface area contributed by atoms with Crippen molar-refractivity contribution < 1.29 is 18.7 Å². The number of para-hydroxylation sites is 1. The normalized spacial score (nSPS) is 15.1.